The van der Waals surface area contributed by atoms with Crippen molar-refractivity contribution >= 4 is 21.6 Å². The van der Waals surface area contributed by atoms with Crippen LogP contribution in [0.1, 0.15) is 22.3 Å². The summed E-state index contributed by atoms with van der Waals surface area (Å²) in [5.74, 6) is -0.154. The van der Waals surface area contributed by atoms with Gasteiger partial charge in [0, 0.05) is 16.7 Å². The van der Waals surface area contributed by atoms with Crippen LogP contribution in [-0.2, 0) is 6.54 Å². The summed E-state index contributed by atoms with van der Waals surface area (Å²) in [5.41, 5.74) is 5.26. The summed E-state index contributed by atoms with van der Waals surface area (Å²) < 4.78 is 14.3. The molecule has 19 heavy (non-hydrogen) atoms. The van der Waals surface area contributed by atoms with Gasteiger partial charge < -0.3 is 5.32 Å². The van der Waals surface area contributed by atoms with Crippen molar-refractivity contribution in [2.75, 3.05) is 5.32 Å². The van der Waals surface area contributed by atoms with Crippen molar-refractivity contribution in [1.29, 1.82) is 0 Å². The van der Waals surface area contributed by atoms with Gasteiger partial charge in [-0.2, -0.15) is 0 Å². The molecule has 0 aromatic heterocycles. The van der Waals surface area contributed by atoms with Crippen LogP contribution in [0, 0.1) is 26.6 Å². The number of hydrogen-bond donors (Lipinski definition) is 1. The van der Waals surface area contributed by atoms with Gasteiger partial charge in [-0.3, -0.25) is 0 Å². The topological polar surface area (TPSA) is 12.0 Å². The van der Waals surface area contributed by atoms with Gasteiger partial charge >= 0.3 is 0 Å². The highest BCUT2D eigenvalue weighted by Gasteiger charge is 2.03. The van der Waals surface area contributed by atoms with Crippen molar-refractivity contribution < 1.29 is 4.39 Å². The molecule has 2 aromatic carbocycles. The second-order valence-electron chi connectivity index (χ2n) is 4.86. The van der Waals surface area contributed by atoms with E-state index in [1.54, 1.807) is 6.92 Å². The second kappa shape index (κ2) is 5.74. The van der Waals surface area contributed by atoms with Crippen LogP contribution >= 0.6 is 15.9 Å². The number of halogens is 2. The average molecular weight is 322 g/mol. The summed E-state index contributed by atoms with van der Waals surface area (Å²) in [4.78, 5) is 0. The zero-order valence-corrected chi connectivity index (χ0v) is 12.9. The second-order valence-corrected chi connectivity index (χ2v) is 5.65. The Morgan fingerprint density at radius 2 is 1.63 bits per heavy atom. The molecule has 0 aliphatic rings. The summed E-state index contributed by atoms with van der Waals surface area (Å²) in [5, 5.41) is 3.37. The zero-order valence-electron chi connectivity index (χ0n) is 11.3. The maximum atomic E-state index is 13.2. The van der Waals surface area contributed by atoms with Crippen molar-refractivity contribution in [2.45, 2.75) is 27.3 Å². The van der Waals surface area contributed by atoms with Gasteiger partial charge in [-0.25, -0.2) is 4.39 Å². The van der Waals surface area contributed by atoms with E-state index in [4.69, 9.17) is 0 Å². The highest BCUT2D eigenvalue weighted by atomic mass is 79.9. The van der Waals surface area contributed by atoms with Crippen LogP contribution in [0.15, 0.2) is 34.8 Å². The number of nitrogens with one attached hydrogen (secondary N) is 1. The van der Waals surface area contributed by atoms with E-state index < -0.39 is 0 Å². The lowest BCUT2D eigenvalue weighted by Crippen LogP contribution is -2.01. The first-order valence-corrected chi connectivity index (χ1v) is 7.02. The largest absolute Gasteiger partial charge is 0.381 e. The van der Waals surface area contributed by atoms with Gasteiger partial charge in [0.05, 0.1) is 0 Å². The van der Waals surface area contributed by atoms with Crippen molar-refractivity contribution in [1.82, 2.24) is 0 Å². The Bertz CT molecular complexity index is 585. The van der Waals surface area contributed by atoms with Crippen LogP contribution in [0.5, 0.6) is 0 Å². The normalized spacial score (nSPS) is 10.6. The molecule has 100 valence electrons. The molecule has 0 fully saturated rings. The first-order chi connectivity index (χ1) is 8.97. The fourth-order valence-electron chi connectivity index (χ4n) is 2.07. The predicted molar refractivity (Wildman–Crippen MR) is 82.1 cm³/mol. The van der Waals surface area contributed by atoms with Crippen LogP contribution in [0.25, 0.3) is 0 Å². The van der Waals surface area contributed by atoms with Gasteiger partial charge in [0.2, 0.25) is 0 Å². The lowest BCUT2D eigenvalue weighted by Gasteiger charge is -2.11. The lowest BCUT2D eigenvalue weighted by atomic mass is 10.1. The van der Waals surface area contributed by atoms with E-state index >= 15 is 0 Å². The molecule has 0 bridgehead atoms. The molecule has 3 heteroatoms. The Morgan fingerprint density at radius 1 is 1.00 bits per heavy atom. The summed E-state index contributed by atoms with van der Waals surface area (Å²) in [6, 6.07) is 9.42. The minimum atomic E-state index is -0.154. The standard InChI is InChI=1S/C16H17BrFN/c1-10-6-13(4-5-15(10)18)9-19-14-7-11(2)16(17)12(3)8-14/h4-8,19H,9H2,1-3H3. The Morgan fingerprint density at radius 3 is 2.21 bits per heavy atom. The van der Waals surface area contributed by atoms with Crippen LogP contribution in [0.4, 0.5) is 10.1 Å². The highest BCUT2D eigenvalue weighted by molar-refractivity contribution is 9.10. The van der Waals surface area contributed by atoms with E-state index in [1.165, 1.54) is 17.2 Å². The lowest BCUT2D eigenvalue weighted by molar-refractivity contribution is 0.617. The van der Waals surface area contributed by atoms with E-state index in [0.29, 0.717) is 12.1 Å². The van der Waals surface area contributed by atoms with Gasteiger partial charge in [-0.05, 0) is 61.2 Å². The number of benzene rings is 2. The Labute approximate surface area is 122 Å². The molecule has 0 aliphatic carbocycles. The van der Waals surface area contributed by atoms with E-state index in [1.807, 2.05) is 12.1 Å². The molecule has 0 atom stereocenters. The van der Waals surface area contributed by atoms with Gasteiger partial charge in [-0.15, -0.1) is 0 Å². The third-order valence-electron chi connectivity index (χ3n) is 3.16. The molecule has 0 radical (unpaired) electrons. The number of anilines is 1. The molecule has 2 aromatic rings. The van der Waals surface area contributed by atoms with Gasteiger partial charge in [0.1, 0.15) is 5.82 Å². The molecular formula is C16H17BrFN. The SMILES string of the molecule is Cc1cc(CNc2cc(C)c(Br)c(C)c2)ccc1F. The van der Waals surface area contributed by atoms with E-state index in [9.17, 15) is 4.39 Å². The summed E-state index contributed by atoms with van der Waals surface area (Å²) in [6.45, 7) is 6.63. The fourth-order valence-corrected chi connectivity index (χ4v) is 2.30. The van der Waals surface area contributed by atoms with Crippen molar-refractivity contribution in [3.8, 4) is 0 Å². The minimum absolute atomic E-state index is 0.154. The predicted octanol–water partition coefficient (Wildman–Crippen LogP) is 5.13. The maximum absolute atomic E-state index is 13.2. The van der Waals surface area contributed by atoms with Crippen molar-refractivity contribution in [3.63, 3.8) is 0 Å². The molecule has 0 saturated heterocycles. The highest BCUT2D eigenvalue weighted by Crippen LogP contribution is 2.25. The Hall–Kier alpha value is -1.35. The van der Waals surface area contributed by atoms with Crippen LogP contribution in [0.3, 0.4) is 0 Å². The first-order valence-electron chi connectivity index (χ1n) is 6.23. The first kappa shape index (κ1) is 14.1. The summed E-state index contributed by atoms with van der Waals surface area (Å²) in [7, 11) is 0. The van der Waals surface area contributed by atoms with Gasteiger partial charge in [0.25, 0.3) is 0 Å². The quantitative estimate of drug-likeness (QED) is 0.826. The number of hydrogen-bond acceptors (Lipinski definition) is 1. The summed E-state index contributed by atoms with van der Waals surface area (Å²) >= 11 is 3.56. The van der Waals surface area contributed by atoms with E-state index in [2.05, 4.69) is 47.2 Å². The van der Waals surface area contributed by atoms with E-state index in [0.717, 1.165) is 15.7 Å². The number of aryl methyl sites for hydroxylation is 3. The Balaban J connectivity index is 2.12. The monoisotopic (exact) mass is 321 g/mol. The third-order valence-corrected chi connectivity index (χ3v) is 4.41. The summed E-state index contributed by atoms with van der Waals surface area (Å²) in [6.07, 6.45) is 0. The molecule has 1 nitrogen and oxygen atoms in total. The Kier molecular flexibility index (Phi) is 4.25. The molecular weight excluding hydrogens is 305 g/mol. The molecule has 0 unspecified atom stereocenters. The molecule has 2 rings (SSSR count). The smallest absolute Gasteiger partial charge is 0.126 e. The fraction of sp³-hybridized carbons (Fsp3) is 0.250. The van der Waals surface area contributed by atoms with Crippen LogP contribution < -0.4 is 5.32 Å². The maximum Gasteiger partial charge on any atom is 0.126 e. The average Bonchev–Trinajstić information content (AvgIpc) is 2.37. The molecule has 0 saturated carbocycles. The zero-order chi connectivity index (χ0) is 14.0. The van der Waals surface area contributed by atoms with Crippen LogP contribution in [0.2, 0.25) is 0 Å². The van der Waals surface area contributed by atoms with E-state index in [-0.39, 0.29) is 5.82 Å². The van der Waals surface area contributed by atoms with Crippen molar-refractivity contribution in [3.05, 3.63) is 62.9 Å². The van der Waals surface area contributed by atoms with Gasteiger partial charge in [0.15, 0.2) is 0 Å². The van der Waals surface area contributed by atoms with Crippen LogP contribution in [-0.4, -0.2) is 0 Å². The molecule has 0 spiro atoms. The molecule has 0 amide bonds. The van der Waals surface area contributed by atoms with Gasteiger partial charge in [-0.1, -0.05) is 28.1 Å². The molecule has 1 N–H and O–H groups in total. The molecule has 0 heterocycles. The minimum Gasteiger partial charge on any atom is -0.381 e. The van der Waals surface area contributed by atoms with Crippen molar-refractivity contribution in [2.24, 2.45) is 0 Å². The third kappa shape index (κ3) is 3.35. The molecule has 0 aliphatic heterocycles. The number of rotatable bonds is 3.